The highest BCUT2D eigenvalue weighted by atomic mass is 79.9. The van der Waals surface area contributed by atoms with E-state index in [1.54, 1.807) is 12.3 Å². The number of aromatic nitrogens is 1. The molecule has 1 aromatic heterocycles. The molecule has 0 fully saturated rings. The van der Waals surface area contributed by atoms with Gasteiger partial charge in [-0.05, 0) is 52.8 Å². The van der Waals surface area contributed by atoms with E-state index in [-0.39, 0.29) is 23.6 Å². The SMILES string of the molecule is COc1cc(Br)cnc1NC(=S)NCCc1c(F)cccc1F. The Bertz CT molecular complexity index is 695. The smallest absolute Gasteiger partial charge is 0.175 e. The minimum atomic E-state index is -0.568. The molecule has 0 unspecified atom stereocenters. The van der Waals surface area contributed by atoms with E-state index in [2.05, 4.69) is 31.5 Å². The summed E-state index contributed by atoms with van der Waals surface area (Å²) < 4.78 is 33.0. The number of nitrogens with zero attached hydrogens (tertiary/aromatic N) is 1. The molecule has 0 atom stereocenters. The molecule has 2 N–H and O–H groups in total. The van der Waals surface area contributed by atoms with E-state index in [0.717, 1.165) is 4.47 Å². The summed E-state index contributed by atoms with van der Waals surface area (Å²) in [6.07, 6.45) is 1.77. The van der Waals surface area contributed by atoms with Gasteiger partial charge in [-0.15, -0.1) is 0 Å². The predicted octanol–water partition coefficient (Wildman–Crippen LogP) is 3.66. The van der Waals surface area contributed by atoms with Gasteiger partial charge in [0.2, 0.25) is 0 Å². The lowest BCUT2D eigenvalue weighted by Gasteiger charge is -2.13. The first kappa shape index (κ1) is 17.6. The van der Waals surface area contributed by atoms with Gasteiger partial charge in [-0.1, -0.05) is 6.07 Å². The lowest BCUT2D eigenvalue weighted by atomic mass is 10.1. The molecule has 23 heavy (non-hydrogen) atoms. The Morgan fingerprint density at radius 1 is 1.35 bits per heavy atom. The highest BCUT2D eigenvalue weighted by Crippen LogP contribution is 2.25. The van der Waals surface area contributed by atoms with Gasteiger partial charge in [-0.2, -0.15) is 0 Å². The second-order valence-corrected chi connectivity index (χ2v) is 5.86. The topological polar surface area (TPSA) is 46.2 Å². The van der Waals surface area contributed by atoms with Gasteiger partial charge in [-0.25, -0.2) is 13.8 Å². The Balaban J connectivity index is 1.91. The van der Waals surface area contributed by atoms with Crippen molar-refractivity contribution in [2.24, 2.45) is 0 Å². The number of anilines is 1. The minimum Gasteiger partial charge on any atom is -0.493 e. The van der Waals surface area contributed by atoms with E-state index in [1.807, 2.05) is 0 Å². The molecule has 0 aliphatic carbocycles. The van der Waals surface area contributed by atoms with Gasteiger partial charge in [-0.3, -0.25) is 0 Å². The molecular formula is C15H14BrF2N3OS. The fraction of sp³-hybridized carbons (Fsp3) is 0.200. The van der Waals surface area contributed by atoms with Crippen LogP contribution in [0.25, 0.3) is 0 Å². The molecule has 1 heterocycles. The maximum absolute atomic E-state index is 13.5. The maximum atomic E-state index is 13.5. The van der Waals surface area contributed by atoms with Crippen LogP contribution in [-0.2, 0) is 6.42 Å². The van der Waals surface area contributed by atoms with Crippen molar-refractivity contribution in [1.82, 2.24) is 10.3 Å². The van der Waals surface area contributed by atoms with Gasteiger partial charge in [0, 0.05) is 22.8 Å². The third-order valence-electron chi connectivity index (χ3n) is 2.99. The summed E-state index contributed by atoms with van der Waals surface area (Å²) >= 11 is 8.44. The first-order valence-electron chi connectivity index (χ1n) is 6.68. The van der Waals surface area contributed by atoms with Crippen LogP contribution in [0.3, 0.4) is 0 Å². The van der Waals surface area contributed by atoms with E-state index < -0.39 is 11.6 Å². The van der Waals surface area contributed by atoms with Crippen molar-refractivity contribution in [2.75, 3.05) is 19.0 Å². The molecule has 0 aliphatic heterocycles. The number of ether oxygens (including phenoxy) is 1. The summed E-state index contributed by atoms with van der Waals surface area (Å²) in [5, 5.41) is 6.05. The van der Waals surface area contributed by atoms with Crippen LogP contribution in [0.1, 0.15) is 5.56 Å². The summed E-state index contributed by atoms with van der Waals surface area (Å²) in [6, 6.07) is 5.53. The van der Waals surface area contributed by atoms with Crippen molar-refractivity contribution in [1.29, 1.82) is 0 Å². The Labute approximate surface area is 146 Å². The fourth-order valence-electron chi connectivity index (χ4n) is 1.89. The maximum Gasteiger partial charge on any atom is 0.175 e. The molecule has 8 heteroatoms. The Hall–Kier alpha value is -1.80. The standard InChI is InChI=1S/C15H14BrF2N3OS/c1-22-13-7-9(16)8-20-14(13)21-15(23)19-6-5-10-11(17)3-2-4-12(10)18/h2-4,7-8H,5-6H2,1H3,(H2,19,20,21,23). The quantitative estimate of drug-likeness (QED) is 0.748. The van der Waals surface area contributed by atoms with Crippen LogP contribution in [0.4, 0.5) is 14.6 Å². The zero-order valence-electron chi connectivity index (χ0n) is 12.2. The van der Waals surface area contributed by atoms with Crippen LogP contribution in [0.2, 0.25) is 0 Å². The summed E-state index contributed by atoms with van der Waals surface area (Å²) in [5.74, 6) is -0.169. The average Bonchev–Trinajstić information content (AvgIpc) is 2.52. The molecule has 2 aromatic rings. The molecule has 0 saturated heterocycles. The van der Waals surface area contributed by atoms with Crippen LogP contribution in [-0.4, -0.2) is 23.8 Å². The van der Waals surface area contributed by atoms with E-state index in [4.69, 9.17) is 17.0 Å². The molecule has 0 spiro atoms. The predicted molar refractivity (Wildman–Crippen MR) is 92.8 cm³/mol. The number of benzene rings is 1. The number of nitrogens with one attached hydrogen (secondary N) is 2. The third kappa shape index (κ3) is 4.84. The van der Waals surface area contributed by atoms with Crippen molar-refractivity contribution in [2.45, 2.75) is 6.42 Å². The summed E-state index contributed by atoms with van der Waals surface area (Å²) in [5.41, 5.74) is 0.0298. The first-order chi connectivity index (χ1) is 11.0. The number of halogens is 3. The largest absolute Gasteiger partial charge is 0.493 e. The minimum absolute atomic E-state index is 0.0298. The molecule has 1 aromatic carbocycles. The Morgan fingerprint density at radius 3 is 2.70 bits per heavy atom. The van der Waals surface area contributed by atoms with Crippen molar-refractivity contribution in [3.05, 3.63) is 52.1 Å². The normalized spacial score (nSPS) is 10.3. The molecule has 0 saturated carbocycles. The van der Waals surface area contributed by atoms with E-state index in [1.165, 1.54) is 25.3 Å². The summed E-state index contributed by atoms with van der Waals surface area (Å²) in [6.45, 7) is 0.280. The van der Waals surface area contributed by atoms with Gasteiger partial charge in [0.05, 0.1) is 7.11 Å². The second-order valence-electron chi connectivity index (χ2n) is 4.54. The van der Waals surface area contributed by atoms with E-state index in [9.17, 15) is 8.78 Å². The first-order valence-corrected chi connectivity index (χ1v) is 7.88. The fourth-order valence-corrected chi connectivity index (χ4v) is 2.40. The molecule has 2 rings (SSSR count). The Morgan fingerprint density at radius 2 is 2.04 bits per heavy atom. The number of hydrogen-bond donors (Lipinski definition) is 2. The highest BCUT2D eigenvalue weighted by molar-refractivity contribution is 9.10. The number of thiocarbonyl (C=S) groups is 1. The molecule has 0 bridgehead atoms. The lowest BCUT2D eigenvalue weighted by Crippen LogP contribution is -2.31. The van der Waals surface area contributed by atoms with Crippen molar-refractivity contribution < 1.29 is 13.5 Å². The monoisotopic (exact) mass is 401 g/mol. The zero-order chi connectivity index (χ0) is 16.8. The highest BCUT2D eigenvalue weighted by Gasteiger charge is 2.09. The molecule has 4 nitrogen and oxygen atoms in total. The molecule has 0 radical (unpaired) electrons. The second kappa shape index (κ2) is 8.16. The van der Waals surface area contributed by atoms with Crippen LogP contribution < -0.4 is 15.4 Å². The summed E-state index contributed by atoms with van der Waals surface area (Å²) in [7, 11) is 1.52. The van der Waals surface area contributed by atoms with Gasteiger partial charge < -0.3 is 15.4 Å². The van der Waals surface area contributed by atoms with Crippen LogP contribution in [0.15, 0.2) is 34.9 Å². The number of pyridine rings is 1. The summed E-state index contributed by atoms with van der Waals surface area (Å²) in [4.78, 5) is 4.15. The third-order valence-corrected chi connectivity index (χ3v) is 3.67. The van der Waals surface area contributed by atoms with Crippen molar-refractivity contribution in [3.63, 3.8) is 0 Å². The van der Waals surface area contributed by atoms with E-state index >= 15 is 0 Å². The van der Waals surface area contributed by atoms with Gasteiger partial charge in [0.25, 0.3) is 0 Å². The van der Waals surface area contributed by atoms with Gasteiger partial charge in [0.15, 0.2) is 16.7 Å². The molecule has 122 valence electrons. The van der Waals surface area contributed by atoms with Crippen LogP contribution >= 0.6 is 28.1 Å². The van der Waals surface area contributed by atoms with Crippen LogP contribution in [0, 0.1) is 11.6 Å². The Kier molecular flexibility index (Phi) is 6.23. The van der Waals surface area contributed by atoms with Crippen LogP contribution in [0.5, 0.6) is 5.75 Å². The lowest BCUT2D eigenvalue weighted by molar-refractivity contribution is 0.415. The van der Waals surface area contributed by atoms with Crippen molar-refractivity contribution >= 4 is 39.1 Å². The molecule has 0 amide bonds. The molecular weight excluding hydrogens is 388 g/mol. The number of methoxy groups -OCH3 is 1. The zero-order valence-corrected chi connectivity index (χ0v) is 14.6. The van der Waals surface area contributed by atoms with Gasteiger partial charge >= 0.3 is 0 Å². The van der Waals surface area contributed by atoms with Gasteiger partial charge in [0.1, 0.15) is 11.6 Å². The van der Waals surface area contributed by atoms with Crippen molar-refractivity contribution in [3.8, 4) is 5.75 Å². The average molecular weight is 402 g/mol. The number of hydrogen-bond acceptors (Lipinski definition) is 3. The van der Waals surface area contributed by atoms with E-state index in [0.29, 0.717) is 11.6 Å². The molecule has 0 aliphatic rings. The number of rotatable bonds is 5.